The van der Waals surface area contributed by atoms with Gasteiger partial charge in [0.1, 0.15) is 0 Å². The minimum Gasteiger partial charge on any atom is -1.00 e. The van der Waals surface area contributed by atoms with Gasteiger partial charge in [0.15, 0.2) is 0 Å². The number of halogens is 3. The maximum Gasteiger partial charge on any atom is 3.00 e. The third-order valence-corrected chi connectivity index (χ3v) is 7.68. The van der Waals surface area contributed by atoms with Crippen LogP contribution in [0.25, 0.3) is 0 Å². The zero-order valence-electron chi connectivity index (χ0n) is 28.5. The summed E-state index contributed by atoms with van der Waals surface area (Å²) in [5, 5.41) is 0. The predicted molar refractivity (Wildman–Crippen MR) is 180 cm³/mol. The van der Waals surface area contributed by atoms with Crippen LogP contribution in [0.1, 0.15) is 129 Å². The fraction of sp³-hybridized carbons (Fsp3) is 0.500. The molecule has 0 atom stereocenters. The first-order valence-corrected chi connectivity index (χ1v) is 16.2. The number of hydrogen-bond donors (Lipinski definition) is 0. The minimum absolute atomic E-state index is 0. The molecule has 3 rings (SSSR count). The Morgan fingerprint density at radius 3 is 1.02 bits per heavy atom. The molecule has 3 aromatic rings. The summed E-state index contributed by atoms with van der Waals surface area (Å²) in [6.07, 6.45) is 17.7. The molecule has 0 amide bonds. The van der Waals surface area contributed by atoms with Gasteiger partial charge in [0.25, 0.3) is 0 Å². The van der Waals surface area contributed by atoms with E-state index >= 15 is 0 Å². The van der Waals surface area contributed by atoms with Gasteiger partial charge < -0.3 is 37.2 Å². The Bertz CT molecular complexity index is 1180. The van der Waals surface area contributed by atoms with Crippen LogP contribution in [-0.4, -0.2) is 17.4 Å². The van der Waals surface area contributed by atoms with E-state index in [4.69, 9.17) is 15.0 Å². The summed E-state index contributed by atoms with van der Waals surface area (Å²) in [5.41, 5.74) is 13.4. The average Bonchev–Trinajstić information content (AvgIpc) is 2.95. The number of unbranched alkanes of at least 4 members (excludes halogenated alkanes) is 4. The molecule has 45 heavy (non-hydrogen) atoms. The van der Waals surface area contributed by atoms with Crippen molar-refractivity contribution < 1.29 is 55.8 Å². The number of nitrogens with zero attached hydrogens (tertiary/aromatic N) is 3. The van der Waals surface area contributed by atoms with Gasteiger partial charge in [-0.2, -0.15) is 0 Å². The number of aliphatic imine (C=N–C) groups is 2. The first kappa shape index (κ1) is 45.5. The van der Waals surface area contributed by atoms with Crippen LogP contribution in [0.2, 0.25) is 0 Å². The van der Waals surface area contributed by atoms with Crippen molar-refractivity contribution in [3.8, 4) is 0 Å². The van der Waals surface area contributed by atoms with Crippen LogP contribution in [-0.2, 0) is 44.2 Å². The Hall–Kier alpha value is -1.62. The van der Waals surface area contributed by atoms with E-state index in [9.17, 15) is 0 Å². The smallest absolute Gasteiger partial charge is 1.00 e. The van der Waals surface area contributed by atoms with Gasteiger partial charge in [0.05, 0.1) is 35.2 Å². The van der Waals surface area contributed by atoms with Gasteiger partial charge in [-0.25, -0.2) is 4.98 Å². The van der Waals surface area contributed by atoms with Crippen molar-refractivity contribution in [1.29, 1.82) is 0 Å². The number of benzene rings is 2. The van der Waals surface area contributed by atoms with Crippen LogP contribution in [0.5, 0.6) is 0 Å². The molecule has 0 N–H and O–H groups in total. The summed E-state index contributed by atoms with van der Waals surface area (Å²) < 4.78 is 0. The van der Waals surface area contributed by atoms with E-state index in [1.807, 2.05) is 12.4 Å². The second-order valence-corrected chi connectivity index (χ2v) is 11.8. The van der Waals surface area contributed by atoms with Crippen LogP contribution in [0.15, 0.2) is 46.4 Å². The number of aromatic nitrogens is 1. The third kappa shape index (κ3) is 14.8. The molecule has 1 aromatic heterocycles. The normalized spacial score (nSPS) is 10.7. The summed E-state index contributed by atoms with van der Waals surface area (Å²) in [7, 11) is 0. The van der Waals surface area contributed by atoms with Crippen molar-refractivity contribution in [1.82, 2.24) is 4.98 Å². The number of pyridine rings is 1. The molecule has 0 spiro atoms. The van der Waals surface area contributed by atoms with Gasteiger partial charge >= 0.3 is 18.6 Å². The first-order valence-electron chi connectivity index (χ1n) is 16.2. The largest absolute Gasteiger partial charge is 3.00 e. The Labute approximate surface area is 305 Å². The Balaban J connectivity index is 0. The summed E-state index contributed by atoms with van der Waals surface area (Å²) in [5.74, 6) is 0. The fourth-order valence-electron chi connectivity index (χ4n) is 5.55. The molecular weight excluding hydrogens is 656 g/mol. The molecule has 2 aromatic carbocycles. The zero-order chi connectivity index (χ0) is 29.6. The van der Waals surface area contributed by atoms with Gasteiger partial charge in [0, 0.05) is 0 Å². The molecule has 1 heterocycles. The predicted octanol–water partition coefficient (Wildman–Crippen LogP) is 1.89. The van der Waals surface area contributed by atoms with E-state index in [0.29, 0.717) is 0 Å². The second kappa shape index (κ2) is 24.5. The zero-order valence-corrected chi connectivity index (χ0v) is 32.2. The molecule has 0 fully saturated rings. The molecule has 0 bridgehead atoms. The van der Waals surface area contributed by atoms with E-state index in [-0.39, 0.29) is 55.8 Å². The van der Waals surface area contributed by atoms with E-state index < -0.39 is 0 Å². The molecule has 0 aliphatic carbocycles. The Kier molecular flexibility index (Phi) is 24.8. The Morgan fingerprint density at radius 2 is 0.756 bits per heavy atom. The first-order chi connectivity index (χ1) is 19.9. The molecule has 0 saturated carbocycles. The summed E-state index contributed by atoms with van der Waals surface area (Å²) in [6.45, 7) is 15.6. The van der Waals surface area contributed by atoms with Crippen molar-refractivity contribution >= 4 is 23.8 Å². The summed E-state index contributed by atoms with van der Waals surface area (Å²) in [4.78, 5) is 15.2. The number of hydrogen-bond acceptors (Lipinski definition) is 3. The van der Waals surface area contributed by atoms with Crippen molar-refractivity contribution in [2.45, 2.75) is 126 Å². The molecule has 0 saturated heterocycles. The molecule has 0 aliphatic heterocycles. The van der Waals surface area contributed by atoms with Crippen LogP contribution < -0.4 is 37.2 Å². The molecule has 246 valence electrons. The van der Waals surface area contributed by atoms with Gasteiger partial charge in [0.2, 0.25) is 0 Å². The molecule has 0 radical (unpaired) electrons. The third-order valence-electron chi connectivity index (χ3n) is 7.68. The minimum atomic E-state index is 0. The van der Waals surface area contributed by atoms with E-state index in [1.54, 1.807) is 0 Å². The number of rotatable bonds is 16. The quantitative estimate of drug-likeness (QED) is 0.210. The second-order valence-electron chi connectivity index (χ2n) is 11.8. The maximum atomic E-state index is 5.10. The fourth-order valence-corrected chi connectivity index (χ4v) is 5.55. The van der Waals surface area contributed by atoms with Gasteiger partial charge in [-0.1, -0.05) is 88.8 Å². The molecule has 0 aliphatic rings. The van der Waals surface area contributed by atoms with Gasteiger partial charge in [-0.15, -0.1) is 0 Å². The Morgan fingerprint density at radius 1 is 0.489 bits per heavy atom. The van der Waals surface area contributed by atoms with Crippen molar-refractivity contribution in [3.63, 3.8) is 0 Å². The monoisotopic (exact) mass is 707 g/mol. The van der Waals surface area contributed by atoms with Crippen molar-refractivity contribution in [2.75, 3.05) is 0 Å². The van der Waals surface area contributed by atoms with Crippen LogP contribution in [0.3, 0.4) is 0 Å². The molecule has 0 unspecified atom stereocenters. The van der Waals surface area contributed by atoms with E-state index in [2.05, 4.69) is 84.9 Å². The average molecular weight is 709 g/mol. The number of aryl methyl sites for hydroxylation is 7. The van der Waals surface area contributed by atoms with Crippen molar-refractivity contribution in [2.24, 2.45) is 9.98 Å². The topological polar surface area (TPSA) is 37.6 Å². The van der Waals surface area contributed by atoms with Crippen LogP contribution in [0, 0.1) is 20.8 Å². The summed E-state index contributed by atoms with van der Waals surface area (Å²) in [6, 6.07) is 13.6. The molecular formula is C38H53Cl3N3V. The van der Waals surface area contributed by atoms with E-state index in [1.165, 1.54) is 90.3 Å². The molecule has 3 nitrogen and oxygen atoms in total. The van der Waals surface area contributed by atoms with Crippen molar-refractivity contribution in [3.05, 3.63) is 86.7 Å². The SMILES string of the molecule is CCCCc1cc(C)cc(CCCC)c1N=Cc1cc(C)cc(C=Nc2c(CCCC)cc(C)cc2CCCC)n1.[Cl-].[Cl-].[Cl-].[V+3]. The van der Waals surface area contributed by atoms with Gasteiger partial charge in [-0.3, -0.25) is 9.98 Å². The molecule has 7 heteroatoms. The van der Waals surface area contributed by atoms with Crippen LogP contribution in [0.4, 0.5) is 11.4 Å². The maximum absolute atomic E-state index is 5.10. The van der Waals surface area contributed by atoms with Gasteiger partial charge in [-0.05, 0) is 112 Å². The summed E-state index contributed by atoms with van der Waals surface area (Å²) >= 11 is 0. The van der Waals surface area contributed by atoms with Crippen LogP contribution >= 0.6 is 0 Å². The van der Waals surface area contributed by atoms with E-state index in [0.717, 1.165) is 48.4 Å². The standard InChI is InChI=1S/C38H53N3.3ClH.V/c1-8-12-16-31-20-28(5)21-32(17-13-9-2)37(31)39-26-35-24-30(7)25-36(41-35)27-40-38-33(18-14-10-3)22-29(6)23-34(38)19-15-11-4;;;;/h20-27H,8-19H2,1-7H3;3*1H;/q;;;;+3/p-3.